The molecule has 2 unspecified atom stereocenters. The van der Waals surface area contributed by atoms with Crippen molar-refractivity contribution in [3.8, 4) is 51.7 Å². The van der Waals surface area contributed by atoms with E-state index in [9.17, 15) is 24.3 Å². The second-order valence-corrected chi connectivity index (χ2v) is 19.0. The van der Waals surface area contributed by atoms with E-state index >= 15 is 13.2 Å². The number of benzene rings is 6. The molecule has 4 aliphatic rings. The first kappa shape index (κ1) is 48.3. The number of nitrogens with zero attached hydrogens (tertiary/aromatic N) is 3. The molecule has 0 amide bonds. The molecular formula is C58H52F5N3O6. The highest BCUT2D eigenvalue weighted by Crippen LogP contribution is 2.52. The average Bonchev–Trinajstić information content (AvgIpc) is 3.35. The number of phenols is 2. The first-order valence-corrected chi connectivity index (χ1v) is 24.0. The minimum absolute atomic E-state index is 0.0137. The summed E-state index contributed by atoms with van der Waals surface area (Å²) in [6, 6.07) is 35.2. The van der Waals surface area contributed by atoms with Crippen LogP contribution in [0.3, 0.4) is 0 Å². The number of ether oxygens (including phenoxy) is 4. The highest BCUT2D eigenvalue weighted by molar-refractivity contribution is 5.98. The molecule has 14 heteroatoms. The number of nitriles is 1. The molecule has 0 bridgehead atoms. The molecule has 370 valence electrons. The Labute approximate surface area is 414 Å². The molecule has 2 atom stereocenters. The molecule has 9 nitrogen and oxygen atoms in total. The van der Waals surface area contributed by atoms with Crippen molar-refractivity contribution in [2.45, 2.75) is 32.2 Å². The van der Waals surface area contributed by atoms with Crippen molar-refractivity contribution < 1.29 is 51.1 Å². The van der Waals surface area contributed by atoms with E-state index in [2.05, 4.69) is 15.9 Å². The van der Waals surface area contributed by atoms with Gasteiger partial charge in [0, 0.05) is 85.0 Å². The fourth-order valence-electron chi connectivity index (χ4n) is 10.2. The lowest BCUT2D eigenvalue weighted by Gasteiger charge is -2.37. The summed E-state index contributed by atoms with van der Waals surface area (Å²) in [5, 5.41) is 31.1. The molecule has 2 fully saturated rings. The topological polar surface area (TPSA) is 108 Å². The largest absolute Gasteiger partial charge is 0.508 e. The van der Waals surface area contributed by atoms with Crippen LogP contribution in [0.15, 0.2) is 121 Å². The zero-order chi connectivity index (χ0) is 50.3. The Kier molecular flexibility index (Phi) is 13.4. The summed E-state index contributed by atoms with van der Waals surface area (Å²) in [7, 11) is 0. The van der Waals surface area contributed by atoms with Crippen LogP contribution in [0.4, 0.5) is 22.0 Å². The minimum atomic E-state index is -4.80. The molecule has 0 spiro atoms. The third kappa shape index (κ3) is 9.83. The van der Waals surface area contributed by atoms with Gasteiger partial charge in [0.15, 0.2) is 0 Å². The lowest BCUT2D eigenvalue weighted by Crippen LogP contribution is -2.49. The zero-order valence-corrected chi connectivity index (χ0v) is 39.7. The van der Waals surface area contributed by atoms with Gasteiger partial charge in [0.05, 0.1) is 30.5 Å². The molecule has 2 saturated heterocycles. The maximum Gasteiger partial charge on any atom is 0.416 e. The van der Waals surface area contributed by atoms with Crippen molar-refractivity contribution in [3.05, 3.63) is 166 Å². The lowest BCUT2D eigenvalue weighted by atomic mass is 9.83. The molecule has 6 aromatic carbocycles. The number of hydrogen-bond acceptors (Lipinski definition) is 9. The van der Waals surface area contributed by atoms with E-state index in [4.69, 9.17) is 18.9 Å². The normalized spacial score (nSPS) is 18.3. The van der Waals surface area contributed by atoms with Gasteiger partial charge in [0.1, 0.15) is 59.9 Å². The quantitative estimate of drug-likeness (QED) is 0.0973. The average molecular weight is 982 g/mol. The molecule has 0 aromatic heterocycles. The summed E-state index contributed by atoms with van der Waals surface area (Å²) in [5.41, 5.74) is 5.97. The van der Waals surface area contributed by atoms with Gasteiger partial charge in [-0.3, -0.25) is 18.6 Å². The molecule has 10 rings (SSSR count). The predicted octanol–water partition coefficient (Wildman–Crippen LogP) is 12.3. The van der Waals surface area contributed by atoms with Gasteiger partial charge in [-0.1, -0.05) is 30.3 Å². The fraction of sp³-hybridized carbons (Fsp3) is 0.293. The van der Waals surface area contributed by atoms with Crippen LogP contribution in [0.5, 0.6) is 34.5 Å². The zero-order valence-electron chi connectivity index (χ0n) is 39.7. The standard InChI is InChI=1S/C58H52F5N3O6/c1-34-48-13-9-46(68)26-53(48)72-57(54(34)40-5-3-4-36(20-40)29-64)41-8-14-51(70-19-17-66-32-38(28-60)33-66)50(24-41)42-21-43(23-44(22-42)58(61,62)63)55-35(2)49-25-45(67)10-15-52(49)71-56(55)39-6-11-47(12-7-39)69-18-16-65-30-37(27-59)31-65/h3-15,20-26,37-38,56-57,67-68H,16-19,27-28,30-33H2,1-2H3. The summed E-state index contributed by atoms with van der Waals surface area (Å²) in [6.07, 6.45) is -6.56. The van der Waals surface area contributed by atoms with Gasteiger partial charge in [-0.05, 0) is 138 Å². The Hall–Kier alpha value is -7.34. The summed E-state index contributed by atoms with van der Waals surface area (Å²) in [4.78, 5) is 4.18. The molecule has 6 aromatic rings. The summed E-state index contributed by atoms with van der Waals surface area (Å²) >= 11 is 0. The highest BCUT2D eigenvalue weighted by atomic mass is 19.4. The summed E-state index contributed by atoms with van der Waals surface area (Å²) in [6.45, 7) is 7.21. The fourth-order valence-corrected chi connectivity index (χ4v) is 10.2. The Bertz CT molecular complexity index is 3120. The molecule has 4 aliphatic heterocycles. The smallest absolute Gasteiger partial charge is 0.416 e. The van der Waals surface area contributed by atoms with E-state index < -0.39 is 30.6 Å². The van der Waals surface area contributed by atoms with E-state index in [0.29, 0.717) is 113 Å². The van der Waals surface area contributed by atoms with Crippen molar-refractivity contribution in [1.29, 1.82) is 5.26 Å². The van der Waals surface area contributed by atoms with Crippen LogP contribution < -0.4 is 18.9 Å². The monoisotopic (exact) mass is 981 g/mol. The van der Waals surface area contributed by atoms with Gasteiger partial charge in [0.2, 0.25) is 0 Å². The number of allylic oxidation sites excluding steroid dienone is 2. The predicted molar refractivity (Wildman–Crippen MR) is 265 cm³/mol. The van der Waals surface area contributed by atoms with Gasteiger partial charge in [0.25, 0.3) is 0 Å². The van der Waals surface area contributed by atoms with E-state index in [1.807, 2.05) is 25.1 Å². The van der Waals surface area contributed by atoms with Crippen molar-refractivity contribution in [2.75, 3.05) is 65.8 Å². The van der Waals surface area contributed by atoms with Crippen molar-refractivity contribution >= 4 is 22.3 Å². The second-order valence-electron chi connectivity index (χ2n) is 19.0. The number of likely N-dealkylation sites (tertiary alicyclic amines) is 2. The van der Waals surface area contributed by atoms with Crippen LogP contribution in [0.25, 0.3) is 33.4 Å². The molecular weight excluding hydrogens is 930 g/mol. The number of rotatable bonds is 15. The maximum absolute atomic E-state index is 15.4. The van der Waals surface area contributed by atoms with E-state index in [1.54, 1.807) is 79.7 Å². The minimum Gasteiger partial charge on any atom is -0.508 e. The molecule has 0 radical (unpaired) electrons. The Balaban J connectivity index is 1.09. The number of fused-ring (bicyclic) bond motifs is 2. The van der Waals surface area contributed by atoms with Crippen LogP contribution in [0.1, 0.15) is 70.6 Å². The number of aromatic hydroxyl groups is 2. The van der Waals surface area contributed by atoms with E-state index in [1.165, 1.54) is 18.2 Å². The number of alkyl halides is 5. The van der Waals surface area contributed by atoms with Gasteiger partial charge in [-0.25, -0.2) is 0 Å². The van der Waals surface area contributed by atoms with Crippen molar-refractivity contribution in [1.82, 2.24) is 9.80 Å². The van der Waals surface area contributed by atoms with Crippen LogP contribution in [-0.4, -0.2) is 85.8 Å². The van der Waals surface area contributed by atoms with Gasteiger partial charge < -0.3 is 29.2 Å². The van der Waals surface area contributed by atoms with Crippen molar-refractivity contribution in [2.24, 2.45) is 11.8 Å². The molecule has 0 aliphatic carbocycles. The molecule has 4 heterocycles. The third-order valence-electron chi connectivity index (χ3n) is 14.1. The van der Waals surface area contributed by atoms with Crippen molar-refractivity contribution in [3.63, 3.8) is 0 Å². The van der Waals surface area contributed by atoms with Gasteiger partial charge in [-0.2, -0.15) is 18.4 Å². The maximum atomic E-state index is 15.4. The second kappa shape index (κ2) is 20.0. The number of phenolic OH excluding ortho intramolecular Hbond substituents is 2. The van der Waals surface area contributed by atoms with Crippen LogP contribution in [0.2, 0.25) is 0 Å². The van der Waals surface area contributed by atoms with E-state index in [0.717, 1.165) is 28.8 Å². The Morgan fingerprint density at radius 1 is 0.611 bits per heavy atom. The SMILES string of the molecule is CC1=C(c2cccc(C#N)c2)C(c2ccc(OCCN3CC(CF)C3)c(-c3cc(C4=C(C)c5cc(O)ccc5OC4c4ccc(OCCN5CC(CF)C5)cc4)cc(C(F)(F)F)c3)c2)Oc2cc(O)ccc21. The molecule has 2 N–H and O–H groups in total. The van der Waals surface area contributed by atoms with Gasteiger partial charge in [-0.15, -0.1) is 0 Å². The Morgan fingerprint density at radius 2 is 1.22 bits per heavy atom. The number of halogens is 5. The first-order valence-electron chi connectivity index (χ1n) is 24.0. The lowest BCUT2D eigenvalue weighted by molar-refractivity contribution is -0.137. The van der Waals surface area contributed by atoms with Crippen LogP contribution in [-0.2, 0) is 6.18 Å². The van der Waals surface area contributed by atoms with Crippen LogP contribution in [0, 0.1) is 23.2 Å². The Morgan fingerprint density at radius 3 is 1.92 bits per heavy atom. The van der Waals surface area contributed by atoms with E-state index in [-0.39, 0.29) is 47.7 Å². The highest BCUT2D eigenvalue weighted by Gasteiger charge is 2.37. The third-order valence-corrected chi connectivity index (χ3v) is 14.1. The summed E-state index contributed by atoms with van der Waals surface area (Å²) < 4.78 is 98.6. The molecule has 0 saturated carbocycles. The summed E-state index contributed by atoms with van der Waals surface area (Å²) in [5.74, 6) is 1.70. The molecule has 72 heavy (non-hydrogen) atoms. The number of hydrogen-bond donors (Lipinski definition) is 2. The first-order chi connectivity index (χ1) is 34.8. The van der Waals surface area contributed by atoms with Crippen LogP contribution >= 0.6 is 0 Å². The van der Waals surface area contributed by atoms with Gasteiger partial charge >= 0.3 is 6.18 Å².